The first-order valence-corrected chi connectivity index (χ1v) is 12.7. The molecule has 6 rings (SSSR count). The Morgan fingerprint density at radius 3 is 2.89 bits per heavy atom. The third-order valence-electron chi connectivity index (χ3n) is 9.46. The number of hydrogen-bond donors (Lipinski definition) is 3. The van der Waals surface area contributed by atoms with Gasteiger partial charge in [-0.25, -0.2) is 0 Å². The van der Waals surface area contributed by atoms with Gasteiger partial charge in [0.2, 0.25) is 0 Å². The number of likely N-dealkylation sites (N-methyl/N-ethyl adjacent to an activating group) is 1. The first kappa shape index (κ1) is 22.9. The first-order valence-electron chi connectivity index (χ1n) is 12.7. The van der Waals surface area contributed by atoms with E-state index in [0.717, 1.165) is 35.1 Å². The van der Waals surface area contributed by atoms with Crippen molar-refractivity contribution in [1.82, 2.24) is 5.48 Å². The normalized spacial score (nSPS) is 37.3. The minimum absolute atomic E-state index is 0.0162. The van der Waals surface area contributed by atoms with Crippen molar-refractivity contribution in [3.63, 3.8) is 0 Å². The number of phenols is 1. The molecule has 2 heterocycles. The number of aliphatic carboxylic acids is 1. The van der Waals surface area contributed by atoms with Gasteiger partial charge in [-0.3, -0.25) is 14.4 Å². The number of Topliss-reactive ketones (excluding diaryl/α,β-unsaturated/α-hetero) is 1. The van der Waals surface area contributed by atoms with Crippen molar-refractivity contribution in [1.29, 1.82) is 0 Å². The highest BCUT2D eigenvalue weighted by molar-refractivity contribution is 5.90. The lowest BCUT2D eigenvalue weighted by atomic mass is 9.48. The topological polar surface area (TPSA) is 122 Å². The lowest BCUT2D eigenvalue weighted by Crippen LogP contribution is -2.82. The zero-order chi connectivity index (χ0) is 24.6. The highest BCUT2D eigenvalue weighted by Gasteiger charge is 2.78. The maximum absolute atomic E-state index is 13.3. The molecule has 6 atom stereocenters. The molecule has 1 saturated heterocycles. The van der Waals surface area contributed by atoms with Gasteiger partial charge in [0, 0.05) is 37.2 Å². The average molecular weight is 486 g/mol. The monoisotopic (exact) mass is 485 g/mol. The number of aldehydes is 1. The number of hydrogen-bond acceptors (Lipinski definition) is 7. The molecule has 3 N–H and O–H groups in total. The van der Waals surface area contributed by atoms with Crippen molar-refractivity contribution in [3.05, 3.63) is 23.3 Å². The number of aromatic hydroxyl groups is 1. The van der Waals surface area contributed by atoms with E-state index in [1.165, 1.54) is 12.8 Å². The van der Waals surface area contributed by atoms with E-state index in [2.05, 4.69) is 12.5 Å². The summed E-state index contributed by atoms with van der Waals surface area (Å²) in [6.45, 7) is 1.92. The summed E-state index contributed by atoms with van der Waals surface area (Å²) in [7, 11) is 2.29. The Labute approximate surface area is 203 Å². The average Bonchev–Trinajstić information content (AvgIpc) is 3.55. The Balaban J connectivity index is 1.47. The van der Waals surface area contributed by atoms with Crippen molar-refractivity contribution in [2.75, 3.05) is 20.1 Å². The molecule has 9 heteroatoms. The standard InChI is InChI=1S/C26H32N2O7/c1-28(13-15-2-3-15)11-10-25-22-16-4-6-18(30)23(22)34-24(25)19(31)8-9-26(25,20(28)12-16)35-27-17(14-29)5-7-21(32)33/h4,6,14-15,17,20,24,27H,2-3,5,7-13H2,1H3,(H-,30,32,33)/p+1/t17-,20-,24-,25-,26+,28+/m0/s1. The van der Waals surface area contributed by atoms with Gasteiger partial charge < -0.3 is 24.2 Å². The van der Waals surface area contributed by atoms with Crippen LogP contribution in [0.4, 0.5) is 0 Å². The maximum Gasteiger partial charge on any atom is 0.303 e. The molecule has 1 spiro atoms. The molecule has 1 aromatic carbocycles. The highest BCUT2D eigenvalue weighted by Crippen LogP contribution is 2.67. The number of quaternary nitrogens is 1. The summed E-state index contributed by atoms with van der Waals surface area (Å²) < 4.78 is 7.08. The molecule has 9 nitrogen and oxygen atoms in total. The van der Waals surface area contributed by atoms with Crippen molar-refractivity contribution >= 4 is 18.0 Å². The largest absolute Gasteiger partial charge is 0.504 e. The number of benzene rings is 1. The van der Waals surface area contributed by atoms with E-state index in [4.69, 9.17) is 14.7 Å². The van der Waals surface area contributed by atoms with Crippen LogP contribution in [0.25, 0.3) is 0 Å². The number of carboxylic acids is 1. The number of hydroxylamine groups is 1. The van der Waals surface area contributed by atoms with Crippen LogP contribution in [0, 0.1) is 5.92 Å². The molecular weight excluding hydrogens is 452 g/mol. The van der Waals surface area contributed by atoms with E-state index in [-0.39, 0.29) is 30.4 Å². The van der Waals surface area contributed by atoms with E-state index < -0.39 is 29.1 Å². The number of carbonyl (C=O) groups is 3. The predicted octanol–water partition coefficient (Wildman–Crippen LogP) is 1.63. The van der Waals surface area contributed by atoms with Gasteiger partial charge in [-0.1, -0.05) is 6.07 Å². The second-order valence-corrected chi connectivity index (χ2v) is 11.5. The van der Waals surface area contributed by atoms with E-state index in [1.54, 1.807) is 6.07 Å². The zero-order valence-electron chi connectivity index (χ0n) is 20.0. The fourth-order valence-electron chi connectivity index (χ4n) is 7.73. The Hall–Kier alpha value is -2.49. The molecule has 2 saturated carbocycles. The van der Waals surface area contributed by atoms with Crippen LogP contribution < -0.4 is 10.2 Å². The summed E-state index contributed by atoms with van der Waals surface area (Å²) in [5, 5.41) is 19.8. The summed E-state index contributed by atoms with van der Waals surface area (Å²) in [4.78, 5) is 42.8. The molecule has 35 heavy (non-hydrogen) atoms. The van der Waals surface area contributed by atoms with Crippen molar-refractivity contribution in [3.8, 4) is 11.5 Å². The van der Waals surface area contributed by atoms with E-state index in [9.17, 15) is 19.5 Å². The van der Waals surface area contributed by atoms with Gasteiger partial charge in [0.05, 0.1) is 31.6 Å². The number of phenolic OH excluding ortho intramolecular Hbond substituents is 1. The number of piperidine rings is 1. The number of likely N-dealkylation sites (tertiary alicyclic amines) is 1. The van der Waals surface area contributed by atoms with Crippen LogP contribution >= 0.6 is 0 Å². The van der Waals surface area contributed by atoms with Crippen LogP contribution in [-0.4, -0.2) is 76.7 Å². The molecule has 1 aromatic rings. The molecule has 0 radical (unpaired) electrons. The minimum atomic E-state index is -0.972. The summed E-state index contributed by atoms with van der Waals surface area (Å²) in [5.41, 5.74) is 3.34. The Morgan fingerprint density at radius 1 is 1.37 bits per heavy atom. The van der Waals surface area contributed by atoms with Gasteiger partial charge in [0.1, 0.15) is 12.3 Å². The quantitative estimate of drug-likeness (QED) is 0.274. The maximum atomic E-state index is 13.3. The van der Waals surface area contributed by atoms with Gasteiger partial charge in [-0.15, -0.1) is 0 Å². The zero-order valence-corrected chi connectivity index (χ0v) is 20.0. The Bertz CT molecular complexity index is 1100. The lowest BCUT2D eigenvalue weighted by molar-refractivity contribution is -0.951. The lowest BCUT2D eigenvalue weighted by Gasteiger charge is -2.65. The molecule has 2 bridgehead atoms. The summed E-state index contributed by atoms with van der Waals surface area (Å²) in [6, 6.07) is 2.87. The second-order valence-electron chi connectivity index (χ2n) is 11.5. The highest BCUT2D eigenvalue weighted by atomic mass is 16.7. The van der Waals surface area contributed by atoms with Crippen LogP contribution in [0.5, 0.6) is 11.5 Å². The molecule has 3 aliphatic carbocycles. The van der Waals surface area contributed by atoms with Crippen LogP contribution in [0.3, 0.4) is 0 Å². The van der Waals surface area contributed by atoms with Gasteiger partial charge in [0.25, 0.3) is 0 Å². The van der Waals surface area contributed by atoms with Crippen molar-refractivity contribution in [2.45, 2.75) is 80.6 Å². The van der Waals surface area contributed by atoms with Crippen molar-refractivity contribution in [2.24, 2.45) is 5.92 Å². The van der Waals surface area contributed by atoms with Gasteiger partial charge >= 0.3 is 5.97 Å². The molecule has 2 aliphatic heterocycles. The van der Waals surface area contributed by atoms with E-state index in [0.29, 0.717) is 37.2 Å². The third kappa shape index (κ3) is 3.14. The molecule has 0 amide bonds. The van der Waals surface area contributed by atoms with Crippen LogP contribution in [0.15, 0.2) is 12.1 Å². The van der Waals surface area contributed by atoms with E-state index >= 15 is 0 Å². The second kappa shape index (κ2) is 7.75. The number of ether oxygens (including phenoxy) is 1. The van der Waals surface area contributed by atoms with Crippen LogP contribution in [-0.2, 0) is 31.1 Å². The smallest absolute Gasteiger partial charge is 0.303 e. The third-order valence-corrected chi connectivity index (χ3v) is 9.46. The fraction of sp³-hybridized carbons (Fsp3) is 0.654. The van der Waals surface area contributed by atoms with Gasteiger partial charge in [-0.2, -0.15) is 5.48 Å². The number of rotatable bonds is 9. The Morgan fingerprint density at radius 2 is 2.17 bits per heavy atom. The van der Waals surface area contributed by atoms with Gasteiger partial charge in [0.15, 0.2) is 29.0 Å². The fourth-order valence-corrected chi connectivity index (χ4v) is 7.73. The number of carbonyl (C=O) groups excluding carboxylic acids is 2. The molecule has 3 fully saturated rings. The number of carboxylic acid groups (broad SMARTS) is 1. The number of nitrogens with zero attached hydrogens (tertiary/aromatic N) is 1. The molecule has 188 valence electrons. The van der Waals surface area contributed by atoms with Gasteiger partial charge in [-0.05, 0) is 37.3 Å². The molecule has 5 aliphatic rings. The summed E-state index contributed by atoms with van der Waals surface area (Å²) in [5.74, 6) is 0.164. The SMILES string of the molecule is C[N@+]1(CC2CC2)CC[C@]23c4c5ccc(O)c4O[C@H]2C(=O)CC[C@@]3(ON[C@H](C=O)CCC(=O)O)[C@@H]1C5. The van der Waals surface area contributed by atoms with Crippen molar-refractivity contribution < 1.29 is 38.7 Å². The number of ketones is 1. The molecular formula is C26H33N2O7+. The first-order chi connectivity index (χ1) is 16.7. The minimum Gasteiger partial charge on any atom is -0.504 e. The van der Waals surface area contributed by atoms with Crippen LogP contribution in [0.1, 0.15) is 56.1 Å². The molecule has 0 unspecified atom stereocenters. The summed E-state index contributed by atoms with van der Waals surface area (Å²) >= 11 is 0. The number of nitrogens with one attached hydrogen (secondary N) is 1. The van der Waals surface area contributed by atoms with E-state index in [1.807, 2.05) is 6.07 Å². The molecule has 0 aromatic heterocycles. The predicted molar refractivity (Wildman–Crippen MR) is 123 cm³/mol. The Kier molecular flexibility index (Phi) is 5.08. The van der Waals surface area contributed by atoms with Crippen LogP contribution in [0.2, 0.25) is 0 Å². The summed E-state index contributed by atoms with van der Waals surface area (Å²) in [6.07, 6.45) is 4.56.